The molecule has 4 aromatic rings. The molecule has 0 saturated carbocycles. The van der Waals surface area contributed by atoms with Gasteiger partial charge in [0, 0.05) is 29.6 Å². The molecule has 3 heterocycles. The van der Waals surface area contributed by atoms with Crippen molar-refractivity contribution in [3.05, 3.63) is 63.1 Å². The van der Waals surface area contributed by atoms with Crippen LogP contribution in [0, 0.1) is 0 Å². The van der Waals surface area contributed by atoms with E-state index >= 15 is 0 Å². The van der Waals surface area contributed by atoms with E-state index in [9.17, 15) is 4.79 Å². The van der Waals surface area contributed by atoms with Gasteiger partial charge in [0.1, 0.15) is 10.4 Å². The fourth-order valence-electron chi connectivity index (χ4n) is 2.78. The average molecular weight is 383 g/mol. The van der Waals surface area contributed by atoms with Crippen molar-refractivity contribution in [3.63, 3.8) is 0 Å². The summed E-state index contributed by atoms with van der Waals surface area (Å²) in [5.74, 6) is 1.35. The third-order valence-corrected chi connectivity index (χ3v) is 6.04. The monoisotopic (exact) mass is 383 g/mol. The lowest BCUT2D eigenvalue weighted by molar-refractivity contribution is 0.410. The van der Waals surface area contributed by atoms with Crippen LogP contribution in [0.4, 0.5) is 5.95 Å². The van der Waals surface area contributed by atoms with E-state index in [0.717, 1.165) is 27.3 Å². The Morgan fingerprint density at radius 3 is 2.88 bits per heavy atom. The zero-order chi connectivity index (χ0) is 18.1. The number of hydrogen-bond acceptors (Lipinski definition) is 6. The van der Waals surface area contributed by atoms with Crippen LogP contribution in [0.25, 0.3) is 20.7 Å². The number of ether oxygens (including phenoxy) is 1. The van der Waals surface area contributed by atoms with Gasteiger partial charge in [-0.25, -0.2) is 4.98 Å². The average Bonchev–Trinajstić information content (AvgIpc) is 3.33. The van der Waals surface area contributed by atoms with Crippen molar-refractivity contribution in [1.29, 1.82) is 0 Å². The lowest BCUT2D eigenvalue weighted by Gasteiger charge is -2.12. The second-order valence-corrected chi connectivity index (χ2v) is 7.63. The molecule has 0 aliphatic heterocycles. The summed E-state index contributed by atoms with van der Waals surface area (Å²) in [4.78, 5) is 18.5. The number of para-hydroxylation sites is 1. The Bertz CT molecular complexity index is 1110. The van der Waals surface area contributed by atoms with Crippen LogP contribution in [-0.2, 0) is 13.6 Å². The van der Waals surface area contributed by atoms with E-state index in [1.165, 1.54) is 11.3 Å². The zero-order valence-corrected chi connectivity index (χ0v) is 16.0. The molecule has 5 nitrogen and oxygen atoms in total. The van der Waals surface area contributed by atoms with Gasteiger partial charge < -0.3 is 10.1 Å². The van der Waals surface area contributed by atoms with Gasteiger partial charge in [-0.3, -0.25) is 9.36 Å². The molecular weight excluding hydrogens is 366 g/mol. The van der Waals surface area contributed by atoms with Crippen LogP contribution in [0.5, 0.6) is 5.75 Å². The molecule has 0 spiro atoms. The van der Waals surface area contributed by atoms with Crippen molar-refractivity contribution in [1.82, 2.24) is 9.55 Å². The minimum absolute atomic E-state index is 0.0380. The lowest BCUT2D eigenvalue weighted by atomic mass is 10.2. The zero-order valence-electron chi connectivity index (χ0n) is 14.4. The molecule has 0 aliphatic carbocycles. The van der Waals surface area contributed by atoms with Crippen LogP contribution in [0.3, 0.4) is 0 Å². The predicted molar refractivity (Wildman–Crippen MR) is 108 cm³/mol. The third-order valence-electron chi connectivity index (χ3n) is 4.19. The van der Waals surface area contributed by atoms with Crippen LogP contribution in [0.15, 0.2) is 52.0 Å². The van der Waals surface area contributed by atoms with Crippen molar-refractivity contribution in [2.24, 2.45) is 7.05 Å². The Balaban J connectivity index is 1.69. The summed E-state index contributed by atoms with van der Waals surface area (Å²) in [6.07, 6.45) is 0. The van der Waals surface area contributed by atoms with Crippen LogP contribution < -0.4 is 15.6 Å². The topological polar surface area (TPSA) is 56.1 Å². The fourth-order valence-corrected chi connectivity index (χ4v) is 4.58. The second-order valence-electron chi connectivity index (χ2n) is 5.80. The molecule has 1 aromatic carbocycles. The SMILES string of the molecule is COc1ccccc1CNc1nc2cc(-c3ccsc3)sc2c(=O)n1C. The van der Waals surface area contributed by atoms with E-state index in [0.29, 0.717) is 17.2 Å². The molecule has 0 bridgehead atoms. The van der Waals surface area contributed by atoms with Crippen molar-refractivity contribution in [2.75, 3.05) is 12.4 Å². The van der Waals surface area contributed by atoms with Crippen molar-refractivity contribution < 1.29 is 4.74 Å². The highest BCUT2D eigenvalue weighted by Gasteiger charge is 2.13. The molecule has 132 valence electrons. The Morgan fingerprint density at radius 1 is 1.27 bits per heavy atom. The maximum atomic E-state index is 12.7. The van der Waals surface area contributed by atoms with Crippen LogP contribution in [0.2, 0.25) is 0 Å². The van der Waals surface area contributed by atoms with Crippen LogP contribution in [-0.4, -0.2) is 16.7 Å². The van der Waals surface area contributed by atoms with Gasteiger partial charge in [-0.15, -0.1) is 11.3 Å². The normalized spacial score (nSPS) is 11.0. The van der Waals surface area contributed by atoms with E-state index in [1.54, 1.807) is 30.1 Å². The molecule has 0 atom stereocenters. The van der Waals surface area contributed by atoms with Gasteiger partial charge in [0.05, 0.1) is 12.6 Å². The molecule has 26 heavy (non-hydrogen) atoms. The minimum atomic E-state index is -0.0380. The number of methoxy groups -OCH3 is 1. The molecular formula is C19H17N3O2S2. The van der Waals surface area contributed by atoms with Gasteiger partial charge in [0.2, 0.25) is 5.95 Å². The highest BCUT2D eigenvalue weighted by atomic mass is 32.1. The number of hydrogen-bond donors (Lipinski definition) is 1. The predicted octanol–water partition coefficient (Wildman–Crippen LogP) is 4.34. The van der Waals surface area contributed by atoms with Crippen LogP contribution in [0.1, 0.15) is 5.56 Å². The Kier molecular flexibility index (Phi) is 4.48. The van der Waals surface area contributed by atoms with E-state index in [4.69, 9.17) is 4.74 Å². The molecule has 7 heteroatoms. The Hall–Kier alpha value is -2.64. The first-order valence-electron chi connectivity index (χ1n) is 8.06. The summed E-state index contributed by atoms with van der Waals surface area (Å²) in [6, 6.07) is 11.8. The quantitative estimate of drug-likeness (QED) is 0.557. The van der Waals surface area contributed by atoms with Gasteiger partial charge in [-0.05, 0) is 29.0 Å². The first kappa shape index (κ1) is 16.8. The summed E-state index contributed by atoms with van der Waals surface area (Å²) >= 11 is 3.13. The molecule has 3 aromatic heterocycles. The summed E-state index contributed by atoms with van der Waals surface area (Å²) in [5.41, 5.74) is 2.82. The summed E-state index contributed by atoms with van der Waals surface area (Å²) in [7, 11) is 3.39. The first-order valence-corrected chi connectivity index (χ1v) is 9.82. The number of benzene rings is 1. The molecule has 4 rings (SSSR count). The molecule has 0 aliphatic rings. The largest absolute Gasteiger partial charge is 0.496 e. The van der Waals surface area contributed by atoms with Crippen molar-refractivity contribution >= 4 is 38.8 Å². The minimum Gasteiger partial charge on any atom is -0.496 e. The number of thiophene rings is 2. The van der Waals surface area contributed by atoms with Crippen molar-refractivity contribution in [2.45, 2.75) is 6.54 Å². The van der Waals surface area contributed by atoms with Gasteiger partial charge in [-0.1, -0.05) is 18.2 Å². The maximum Gasteiger partial charge on any atom is 0.272 e. The highest BCUT2D eigenvalue weighted by molar-refractivity contribution is 7.22. The molecule has 1 N–H and O–H groups in total. The van der Waals surface area contributed by atoms with Gasteiger partial charge in [0.25, 0.3) is 5.56 Å². The maximum absolute atomic E-state index is 12.7. The summed E-state index contributed by atoms with van der Waals surface area (Å²) < 4.78 is 7.61. The van der Waals surface area contributed by atoms with E-state index in [2.05, 4.69) is 21.7 Å². The summed E-state index contributed by atoms with van der Waals surface area (Å²) in [6.45, 7) is 0.525. The number of fused-ring (bicyclic) bond motifs is 1. The van der Waals surface area contributed by atoms with Crippen molar-refractivity contribution in [3.8, 4) is 16.2 Å². The van der Waals surface area contributed by atoms with E-state index < -0.39 is 0 Å². The Labute approximate surface area is 158 Å². The lowest BCUT2D eigenvalue weighted by Crippen LogP contribution is -2.21. The smallest absolute Gasteiger partial charge is 0.272 e. The summed E-state index contributed by atoms with van der Waals surface area (Å²) in [5, 5.41) is 7.37. The molecule has 0 fully saturated rings. The van der Waals surface area contributed by atoms with Gasteiger partial charge in [0.15, 0.2) is 0 Å². The van der Waals surface area contributed by atoms with E-state index in [-0.39, 0.29) is 5.56 Å². The number of nitrogens with zero attached hydrogens (tertiary/aromatic N) is 2. The molecule has 0 saturated heterocycles. The van der Waals surface area contributed by atoms with Crippen LogP contribution >= 0.6 is 22.7 Å². The number of anilines is 1. The number of nitrogens with one attached hydrogen (secondary N) is 1. The third kappa shape index (κ3) is 3.00. The number of rotatable bonds is 5. The van der Waals surface area contributed by atoms with E-state index in [1.807, 2.05) is 35.7 Å². The fraction of sp³-hybridized carbons (Fsp3) is 0.158. The van der Waals surface area contributed by atoms with Gasteiger partial charge in [-0.2, -0.15) is 11.3 Å². The standard InChI is InChI=1S/C19H17N3O2S2/c1-22-18(23)17-14(9-16(26-17)13-7-8-25-11-13)21-19(22)20-10-12-5-3-4-6-15(12)24-2/h3-9,11H,10H2,1-2H3,(H,20,21). The number of aromatic nitrogens is 2. The molecule has 0 radical (unpaired) electrons. The Morgan fingerprint density at radius 2 is 2.12 bits per heavy atom. The first-order chi connectivity index (χ1) is 12.7. The molecule has 0 amide bonds. The second kappa shape index (κ2) is 6.93. The highest BCUT2D eigenvalue weighted by Crippen LogP contribution is 2.32. The molecule has 0 unspecified atom stereocenters. The van der Waals surface area contributed by atoms with Gasteiger partial charge >= 0.3 is 0 Å².